The van der Waals surface area contributed by atoms with E-state index in [4.69, 9.17) is 0 Å². The quantitative estimate of drug-likeness (QED) is 0.164. The predicted molar refractivity (Wildman–Crippen MR) is 264 cm³/mol. The van der Waals surface area contributed by atoms with E-state index in [0.717, 1.165) is 0 Å². The van der Waals surface area contributed by atoms with Crippen LogP contribution in [0.4, 0.5) is 34.1 Å². The van der Waals surface area contributed by atoms with Crippen LogP contribution in [-0.4, -0.2) is 6.71 Å². The Kier molecular flexibility index (Phi) is 8.61. The van der Waals surface area contributed by atoms with Crippen LogP contribution in [0.3, 0.4) is 0 Å². The molecule has 0 fully saturated rings. The minimum Gasteiger partial charge on any atom is -0.311 e. The van der Waals surface area contributed by atoms with Gasteiger partial charge in [0.1, 0.15) is 0 Å². The van der Waals surface area contributed by atoms with Crippen molar-refractivity contribution in [1.82, 2.24) is 0 Å². The molecule has 7 aromatic rings. The zero-order chi connectivity index (χ0) is 43.0. The van der Waals surface area contributed by atoms with E-state index in [-0.39, 0.29) is 28.4 Å². The summed E-state index contributed by atoms with van der Waals surface area (Å²) in [5, 5.41) is 0. The molecule has 304 valence electrons. The minimum atomic E-state index is -0.0413. The summed E-state index contributed by atoms with van der Waals surface area (Å²) < 4.78 is 0. The van der Waals surface area contributed by atoms with Crippen LogP contribution in [0.1, 0.15) is 110 Å². The highest BCUT2D eigenvalue weighted by molar-refractivity contribution is 7.00. The first-order valence-corrected chi connectivity index (χ1v) is 22.3. The fourth-order valence-corrected chi connectivity index (χ4v) is 10.4. The second kappa shape index (κ2) is 13.4. The normalized spacial score (nSPS) is 14.9. The number of nitrogens with zero attached hydrogens (tertiary/aromatic N) is 2. The van der Waals surface area contributed by atoms with E-state index in [0.29, 0.717) is 0 Å². The van der Waals surface area contributed by atoms with Gasteiger partial charge in [-0.15, -0.1) is 0 Å². The summed E-state index contributed by atoms with van der Waals surface area (Å²) in [5.74, 6) is 0. The molecule has 0 amide bonds. The molecule has 0 saturated heterocycles. The van der Waals surface area contributed by atoms with Crippen molar-refractivity contribution in [3.05, 3.63) is 173 Å². The molecule has 0 saturated carbocycles. The molecular weight excluding hydrogens is 735 g/mol. The summed E-state index contributed by atoms with van der Waals surface area (Å²) in [5.41, 5.74) is 24.8. The topological polar surface area (TPSA) is 6.48 Å². The maximum absolute atomic E-state index is 2.56. The average Bonchev–Trinajstić information content (AvgIpc) is 3.44. The molecule has 2 heterocycles. The standard InChI is InChI=1S/C58H59BN2/c1-36-31-52-54-53(32-36)61(43-26-20-39(21-27-43)55(2,3)4)51-35-41(57(8,9)10)23-30-49(51)59(54)48-29-22-40(56(5,6)7)34-50(48)60(52)42-24-17-37(18-25-42)38-19-28-45-44-15-13-14-16-46(44)58(11,12)47(45)33-38/h13-35H,1-12H3. The molecule has 0 bridgehead atoms. The van der Waals surface area contributed by atoms with Gasteiger partial charge in [-0.05, 0) is 150 Å². The van der Waals surface area contributed by atoms with Crippen LogP contribution in [0.5, 0.6) is 0 Å². The van der Waals surface area contributed by atoms with Crippen molar-refractivity contribution in [2.24, 2.45) is 0 Å². The smallest absolute Gasteiger partial charge is 0.252 e. The Hall–Kier alpha value is -5.80. The lowest BCUT2D eigenvalue weighted by Crippen LogP contribution is -2.61. The number of anilines is 6. The molecule has 2 aliphatic heterocycles. The Morgan fingerprint density at radius 1 is 0.426 bits per heavy atom. The van der Waals surface area contributed by atoms with Gasteiger partial charge < -0.3 is 9.80 Å². The van der Waals surface area contributed by atoms with Crippen LogP contribution in [0.2, 0.25) is 0 Å². The second-order valence-corrected chi connectivity index (χ2v) is 21.6. The molecule has 0 atom stereocenters. The highest BCUT2D eigenvalue weighted by atomic mass is 15.2. The van der Waals surface area contributed by atoms with Crippen molar-refractivity contribution in [1.29, 1.82) is 0 Å². The Balaban J connectivity index is 1.17. The Morgan fingerprint density at radius 3 is 1.41 bits per heavy atom. The largest absolute Gasteiger partial charge is 0.311 e. The van der Waals surface area contributed by atoms with Gasteiger partial charge in [0.15, 0.2) is 0 Å². The summed E-state index contributed by atoms with van der Waals surface area (Å²) in [6.07, 6.45) is 0. The van der Waals surface area contributed by atoms with Crippen molar-refractivity contribution in [3.8, 4) is 22.3 Å². The van der Waals surface area contributed by atoms with E-state index in [1.165, 1.54) is 106 Å². The third kappa shape index (κ3) is 6.21. The van der Waals surface area contributed by atoms with Crippen LogP contribution in [0, 0.1) is 6.92 Å². The predicted octanol–water partition coefficient (Wildman–Crippen LogP) is 13.9. The van der Waals surface area contributed by atoms with Crippen LogP contribution in [-0.2, 0) is 21.7 Å². The average molecular weight is 795 g/mol. The van der Waals surface area contributed by atoms with Crippen LogP contribution < -0.4 is 26.2 Å². The van der Waals surface area contributed by atoms with Crippen molar-refractivity contribution in [2.45, 2.75) is 105 Å². The van der Waals surface area contributed by atoms with Crippen LogP contribution in [0.15, 0.2) is 140 Å². The lowest BCUT2D eigenvalue weighted by molar-refractivity contribution is 0.590. The fraction of sp³-hybridized carbons (Fsp3) is 0.276. The zero-order valence-corrected chi connectivity index (χ0v) is 38.3. The maximum atomic E-state index is 2.56. The molecule has 0 unspecified atom stereocenters. The first-order valence-electron chi connectivity index (χ1n) is 22.3. The number of fused-ring (bicyclic) bond motifs is 7. The van der Waals surface area contributed by atoms with Crippen molar-refractivity contribution < 1.29 is 0 Å². The van der Waals surface area contributed by atoms with Crippen LogP contribution in [0.25, 0.3) is 22.3 Å². The molecule has 7 aromatic carbocycles. The number of benzene rings is 7. The van der Waals surface area contributed by atoms with Gasteiger partial charge in [-0.3, -0.25) is 0 Å². The minimum absolute atomic E-state index is 0.00484. The van der Waals surface area contributed by atoms with Gasteiger partial charge in [0.05, 0.1) is 0 Å². The highest BCUT2D eigenvalue weighted by Gasteiger charge is 2.44. The van der Waals surface area contributed by atoms with Crippen LogP contribution >= 0.6 is 0 Å². The first-order chi connectivity index (χ1) is 28.8. The lowest BCUT2D eigenvalue weighted by atomic mass is 9.33. The summed E-state index contributed by atoms with van der Waals surface area (Å²) in [6, 6.07) is 54.1. The van der Waals surface area contributed by atoms with Gasteiger partial charge in [-0.1, -0.05) is 161 Å². The van der Waals surface area contributed by atoms with Crippen molar-refractivity contribution in [3.63, 3.8) is 0 Å². The van der Waals surface area contributed by atoms with Gasteiger partial charge in [0.25, 0.3) is 6.71 Å². The highest BCUT2D eigenvalue weighted by Crippen LogP contribution is 2.50. The molecule has 61 heavy (non-hydrogen) atoms. The van der Waals surface area contributed by atoms with E-state index >= 15 is 0 Å². The molecule has 3 aliphatic rings. The molecule has 2 nitrogen and oxygen atoms in total. The van der Waals surface area contributed by atoms with E-state index in [1.807, 2.05) is 0 Å². The number of hydrogen-bond acceptors (Lipinski definition) is 2. The van der Waals surface area contributed by atoms with Gasteiger partial charge in [-0.2, -0.15) is 0 Å². The molecule has 0 N–H and O–H groups in total. The molecule has 1 aliphatic carbocycles. The lowest BCUT2D eigenvalue weighted by Gasteiger charge is -2.45. The van der Waals surface area contributed by atoms with Gasteiger partial charge in [0.2, 0.25) is 0 Å². The summed E-state index contributed by atoms with van der Waals surface area (Å²) in [4.78, 5) is 5.12. The van der Waals surface area contributed by atoms with E-state index in [1.54, 1.807) is 0 Å². The second-order valence-electron chi connectivity index (χ2n) is 21.6. The molecule has 3 heteroatoms. The number of rotatable bonds is 3. The van der Waals surface area contributed by atoms with Gasteiger partial charge >= 0.3 is 0 Å². The maximum Gasteiger partial charge on any atom is 0.252 e. The summed E-state index contributed by atoms with van der Waals surface area (Å²) in [7, 11) is 0. The van der Waals surface area contributed by atoms with Crippen molar-refractivity contribution in [2.75, 3.05) is 9.80 Å². The van der Waals surface area contributed by atoms with E-state index < -0.39 is 0 Å². The molecule has 10 rings (SSSR count). The summed E-state index contributed by atoms with van der Waals surface area (Å²) >= 11 is 0. The third-order valence-electron chi connectivity index (χ3n) is 14.0. The van der Waals surface area contributed by atoms with Crippen molar-refractivity contribution >= 4 is 57.2 Å². The first kappa shape index (κ1) is 39.3. The number of aryl methyl sites for hydroxylation is 1. The summed E-state index contributed by atoms with van der Waals surface area (Å²) in [6.45, 7) is 27.9. The number of hydrogen-bond donors (Lipinski definition) is 0. The Bertz CT molecular complexity index is 2890. The fourth-order valence-electron chi connectivity index (χ4n) is 10.4. The Morgan fingerprint density at radius 2 is 0.885 bits per heavy atom. The molecule has 0 spiro atoms. The molecule has 0 radical (unpaired) electrons. The van der Waals surface area contributed by atoms with E-state index in [9.17, 15) is 0 Å². The molecular formula is C58H59BN2. The SMILES string of the molecule is Cc1cc2c3c(c1)N(c1ccc(C(C)(C)C)cc1)c1cc(C(C)(C)C)ccc1B3c1ccc(C(C)(C)C)cc1N2c1ccc(-c2ccc3c(c2)C(C)(C)c2ccccc2-3)cc1. The monoisotopic (exact) mass is 794 g/mol. The van der Waals surface area contributed by atoms with Gasteiger partial charge in [0, 0.05) is 39.5 Å². The third-order valence-corrected chi connectivity index (χ3v) is 14.0. The van der Waals surface area contributed by atoms with Gasteiger partial charge in [-0.25, -0.2) is 0 Å². The molecule has 0 aromatic heterocycles. The Labute approximate surface area is 365 Å². The zero-order valence-electron chi connectivity index (χ0n) is 38.3. The van der Waals surface area contributed by atoms with E-state index in [2.05, 4.69) is 232 Å².